The first kappa shape index (κ1) is 13.5. The molecular weight excluding hydrogens is 270 g/mol. The van der Waals surface area contributed by atoms with Crippen LogP contribution in [0.3, 0.4) is 0 Å². The molecule has 0 aromatic heterocycles. The summed E-state index contributed by atoms with van der Waals surface area (Å²) in [6.07, 6.45) is 1.07. The molecule has 0 radical (unpaired) electrons. The van der Waals surface area contributed by atoms with Gasteiger partial charge in [-0.3, -0.25) is 0 Å². The van der Waals surface area contributed by atoms with Crippen LogP contribution in [-0.2, 0) is 0 Å². The summed E-state index contributed by atoms with van der Waals surface area (Å²) < 4.78 is 5.51. The zero-order valence-corrected chi connectivity index (χ0v) is 12.2. The predicted molar refractivity (Wildman–Crippen MR) is 82.5 cm³/mol. The number of benzene rings is 2. The molecule has 1 aliphatic rings. The molecular formula is C17H18ClNO. The molecule has 1 saturated heterocycles. The molecule has 0 amide bonds. The first-order chi connectivity index (χ1) is 9.81. The maximum atomic E-state index is 6.43. The van der Waals surface area contributed by atoms with Crippen LogP contribution in [-0.4, -0.2) is 13.7 Å². The number of halogens is 1. The van der Waals surface area contributed by atoms with Crippen molar-refractivity contribution in [1.29, 1.82) is 0 Å². The van der Waals surface area contributed by atoms with E-state index >= 15 is 0 Å². The molecule has 2 aromatic carbocycles. The molecule has 0 bridgehead atoms. The van der Waals surface area contributed by atoms with Gasteiger partial charge in [-0.15, -0.1) is 0 Å². The van der Waals surface area contributed by atoms with Gasteiger partial charge in [0.15, 0.2) is 0 Å². The van der Waals surface area contributed by atoms with Gasteiger partial charge < -0.3 is 10.1 Å². The molecule has 2 atom stereocenters. The van der Waals surface area contributed by atoms with E-state index in [0.29, 0.717) is 12.0 Å². The number of nitrogens with one attached hydrogen (secondary N) is 1. The van der Waals surface area contributed by atoms with Crippen LogP contribution in [0.5, 0.6) is 5.75 Å². The Bertz CT molecular complexity index is 585. The minimum absolute atomic E-state index is 0.296. The van der Waals surface area contributed by atoms with Crippen LogP contribution in [0.4, 0.5) is 0 Å². The van der Waals surface area contributed by atoms with Gasteiger partial charge in [-0.1, -0.05) is 48.0 Å². The molecule has 0 spiro atoms. The fraction of sp³-hybridized carbons (Fsp3) is 0.294. The van der Waals surface area contributed by atoms with Gasteiger partial charge in [0.1, 0.15) is 5.75 Å². The van der Waals surface area contributed by atoms with E-state index in [4.69, 9.17) is 16.3 Å². The maximum absolute atomic E-state index is 6.43. The third-order valence-electron chi connectivity index (χ3n) is 3.98. The molecule has 0 saturated carbocycles. The van der Waals surface area contributed by atoms with Gasteiger partial charge in [0.25, 0.3) is 0 Å². The van der Waals surface area contributed by atoms with Crippen molar-refractivity contribution in [3.8, 4) is 5.75 Å². The molecule has 1 N–H and O–H groups in total. The summed E-state index contributed by atoms with van der Waals surface area (Å²) in [5, 5.41) is 4.38. The maximum Gasteiger partial charge on any atom is 0.123 e. The molecule has 1 heterocycles. The van der Waals surface area contributed by atoms with Crippen molar-refractivity contribution >= 4 is 11.6 Å². The Morgan fingerprint density at radius 3 is 2.65 bits per heavy atom. The smallest absolute Gasteiger partial charge is 0.123 e. The SMILES string of the molecule is COc1cccc(Cl)c1C1CCNC1c1ccccc1. The topological polar surface area (TPSA) is 21.3 Å². The second-order valence-electron chi connectivity index (χ2n) is 5.09. The molecule has 3 rings (SSSR count). The Morgan fingerprint density at radius 2 is 1.90 bits per heavy atom. The molecule has 104 valence electrons. The standard InChI is InChI=1S/C17H18ClNO/c1-20-15-9-5-8-14(18)16(15)13-10-11-19-17(13)12-6-3-2-4-7-12/h2-9,13,17,19H,10-11H2,1H3. The van der Waals surface area contributed by atoms with Crippen molar-refractivity contribution in [2.75, 3.05) is 13.7 Å². The van der Waals surface area contributed by atoms with Crippen LogP contribution >= 0.6 is 11.6 Å². The molecule has 3 heteroatoms. The second-order valence-corrected chi connectivity index (χ2v) is 5.50. The zero-order valence-electron chi connectivity index (χ0n) is 11.5. The van der Waals surface area contributed by atoms with Gasteiger partial charge in [-0.2, -0.15) is 0 Å². The molecule has 2 nitrogen and oxygen atoms in total. The average Bonchev–Trinajstić information content (AvgIpc) is 2.96. The van der Waals surface area contributed by atoms with Crippen LogP contribution in [0.1, 0.15) is 29.5 Å². The number of rotatable bonds is 3. The quantitative estimate of drug-likeness (QED) is 0.915. The minimum atomic E-state index is 0.296. The Hall–Kier alpha value is -1.51. The van der Waals surface area contributed by atoms with E-state index in [2.05, 4.69) is 29.6 Å². The summed E-state index contributed by atoms with van der Waals surface area (Å²) in [5.41, 5.74) is 2.42. The Balaban J connectivity index is 2.01. The Labute approximate surface area is 124 Å². The lowest BCUT2D eigenvalue weighted by Crippen LogP contribution is -2.17. The minimum Gasteiger partial charge on any atom is -0.496 e. The van der Waals surface area contributed by atoms with Gasteiger partial charge in [-0.25, -0.2) is 0 Å². The van der Waals surface area contributed by atoms with Crippen LogP contribution in [0.2, 0.25) is 5.02 Å². The van der Waals surface area contributed by atoms with Crippen molar-refractivity contribution in [3.63, 3.8) is 0 Å². The van der Waals surface area contributed by atoms with E-state index in [-0.39, 0.29) is 0 Å². The van der Waals surface area contributed by atoms with E-state index < -0.39 is 0 Å². The van der Waals surface area contributed by atoms with Gasteiger partial charge in [0.05, 0.1) is 7.11 Å². The van der Waals surface area contributed by atoms with E-state index in [1.165, 1.54) is 5.56 Å². The number of hydrogen-bond acceptors (Lipinski definition) is 2. The molecule has 2 unspecified atom stereocenters. The van der Waals surface area contributed by atoms with Gasteiger partial charge in [0.2, 0.25) is 0 Å². The first-order valence-corrected chi connectivity index (χ1v) is 7.30. The highest BCUT2D eigenvalue weighted by Gasteiger charge is 2.32. The zero-order chi connectivity index (χ0) is 13.9. The van der Waals surface area contributed by atoms with Crippen LogP contribution < -0.4 is 10.1 Å². The first-order valence-electron chi connectivity index (χ1n) is 6.92. The molecule has 1 fully saturated rings. The number of ether oxygens (including phenoxy) is 1. The van der Waals surface area contributed by atoms with Crippen molar-refractivity contribution in [3.05, 3.63) is 64.7 Å². The monoisotopic (exact) mass is 287 g/mol. The summed E-state index contributed by atoms with van der Waals surface area (Å²) in [5.74, 6) is 1.23. The second kappa shape index (κ2) is 5.86. The van der Waals surface area contributed by atoms with Gasteiger partial charge in [0, 0.05) is 22.5 Å². The molecule has 2 aromatic rings. The highest BCUT2D eigenvalue weighted by atomic mass is 35.5. The lowest BCUT2D eigenvalue weighted by atomic mass is 9.87. The fourth-order valence-corrected chi connectivity index (χ4v) is 3.39. The van der Waals surface area contributed by atoms with Crippen LogP contribution in [0.25, 0.3) is 0 Å². The normalized spacial score (nSPS) is 21.9. The summed E-state index contributed by atoms with van der Waals surface area (Å²) in [6.45, 7) is 0.999. The van der Waals surface area contributed by atoms with Crippen molar-refractivity contribution < 1.29 is 4.74 Å². The van der Waals surface area contributed by atoms with Crippen molar-refractivity contribution in [2.24, 2.45) is 0 Å². The largest absolute Gasteiger partial charge is 0.496 e. The third kappa shape index (κ3) is 2.41. The lowest BCUT2D eigenvalue weighted by Gasteiger charge is -2.23. The summed E-state index contributed by atoms with van der Waals surface area (Å²) in [4.78, 5) is 0. The highest BCUT2D eigenvalue weighted by Crippen LogP contribution is 2.44. The summed E-state index contributed by atoms with van der Waals surface area (Å²) in [6, 6.07) is 16.7. The van der Waals surface area contributed by atoms with Crippen molar-refractivity contribution in [1.82, 2.24) is 5.32 Å². The summed E-state index contributed by atoms with van der Waals surface area (Å²) in [7, 11) is 1.70. The lowest BCUT2D eigenvalue weighted by molar-refractivity contribution is 0.402. The Morgan fingerprint density at radius 1 is 1.10 bits per heavy atom. The average molecular weight is 288 g/mol. The van der Waals surface area contributed by atoms with Crippen LogP contribution in [0.15, 0.2) is 48.5 Å². The van der Waals surface area contributed by atoms with E-state index in [1.54, 1.807) is 7.11 Å². The van der Waals surface area contributed by atoms with E-state index in [9.17, 15) is 0 Å². The molecule has 0 aliphatic carbocycles. The van der Waals surface area contributed by atoms with Gasteiger partial charge in [-0.05, 0) is 30.7 Å². The van der Waals surface area contributed by atoms with E-state index in [1.807, 2.05) is 24.3 Å². The molecule has 1 aliphatic heterocycles. The van der Waals surface area contributed by atoms with Gasteiger partial charge >= 0.3 is 0 Å². The summed E-state index contributed by atoms with van der Waals surface area (Å²) >= 11 is 6.43. The fourth-order valence-electron chi connectivity index (χ4n) is 3.08. The van der Waals surface area contributed by atoms with Crippen molar-refractivity contribution in [2.45, 2.75) is 18.4 Å². The highest BCUT2D eigenvalue weighted by molar-refractivity contribution is 6.31. The van der Waals surface area contributed by atoms with Crippen LogP contribution in [0, 0.1) is 0 Å². The number of methoxy groups -OCH3 is 1. The third-order valence-corrected chi connectivity index (χ3v) is 4.31. The molecule has 20 heavy (non-hydrogen) atoms. The number of hydrogen-bond donors (Lipinski definition) is 1. The predicted octanol–water partition coefficient (Wildman–Crippen LogP) is 4.17. The Kier molecular flexibility index (Phi) is 3.95. The van der Waals surface area contributed by atoms with E-state index in [0.717, 1.165) is 29.3 Å².